The molecule has 154 valence electrons. The lowest BCUT2D eigenvalue weighted by molar-refractivity contribution is -0.136. The Bertz CT molecular complexity index is 893. The van der Waals surface area contributed by atoms with Gasteiger partial charge in [0.05, 0.1) is 6.42 Å². The number of fused-ring (bicyclic) bond motifs is 2. The Morgan fingerprint density at radius 2 is 1.38 bits per heavy atom. The van der Waals surface area contributed by atoms with Gasteiger partial charge in [-0.25, -0.2) is 13.2 Å². The molecule has 2 aliphatic heterocycles. The molecule has 2 aromatic carbocycles. The van der Waals surface area contributed by atoms with Crippen molar-refractivity contribution in [3.8, 4) is 5.75 Å². The van der Waals surface area contributed by atoms with Crippen LogP contribution in [-0.4, -0.2) is 29.0 Å². The molecule has 2 saturated heterocycles. The van der Waals surface area contributed by atoms with Crippen LogP contribution in [0.25, 0.3) is 0 Å². The maximum atomic E-state index is 13.9. The lowest BCUT2D eigenvalue weighted by Crippen LogP contribution is -2.49. The van der Waals surface area contributed by atoms with Gasteiger partial charge in [0.15, 0.2) is 5.75 Å². The predicted octanol–water partition coefficient (Wildman–Crippen LogP) is 4.53. The molecule has 0 spiro atoms. The molecule has 29 heavy (non-hydrogen) atoms. The van der Waals surface area contributed by atoms with Crippen molar-refractivity contribution in [2.45, 2.75) is 50.3 Å². The maximum Gasteiger partial charge on any atom is 0.227 e. The fourth-order valence-electron chi connectivity index (χ4n) is 4.35. The van der Waals surface area contributed by atoms with E-state index in [0.29, 0.717) is 12.8 Å². The molecule has 0 N–H and O–H groups in total. The number of amides is 1. The van der Waals surface area contributed by atoms with Crippen molar-refractivity contribution in [1.29, 1.82) is 0 Å². The van der Waals surface area contributed by atoms with Crippen molar-refractivity contribution in [3.05, 3.63) is 65.0 Å². The molecule has 2 fully saturated rings. The van der Waals surface area contributed by atoms with Crippen LogP contribution in [0.1, 0.15) is 31.2 Å². The van der Waals surface area contributed by atoms with Gasteiger partial charge < -0.3 is 9.64 Å². The number of benzene rings is 2. The Kier molecular flexibility index (Phi) is 5.19. The molecular formula is C21H18F5NO2. The van der Waals surface area contributed by atoms with Crippen LogP contribution in [0.15, 0.2) is 30.3 Å². The number of nitrogens with zero attached hydrogens (tertiary/aromatic N) is 1. The SMILES string of the molecule is O=C(Cc1ccccc1)N1C2CCC1CC(Oc1c(F)c(F)c(F)c(F)c1F)C2. The molecule has 2 aromatic rings. The van der Waals surface area contributed by atoms with Gasteiger partial charge in [-0.1, -0.05) is 30.3 Å². The first-order valence-electron chi connectivity index (χ1n) is 9.40. The van der Waals surface area contributed by atoms with Gasteiger partial charge in [-0.2, -0.15) is 8.78 Å². The Balaban J connectivity index is 1.48. The zero-order chi connectivity index (χ0) is 20.7. The number of hydrogen-bond acceptors (Lipinski definition) is 2. The van der Waals surface area contributed by atoms with Gasteiger partial charge in [0.2, 0.25) is 35.0 Å². The highest BCUT2D eigenvalue weighted by molar-refractivity contribution is 5.80. The second-order valence-corrected chi connectivity index (χ2v) is 7.46. The normalized spacial score (nSPS) is 23.3. The van der Waals surface area contributed by atoms with Crippen LogP contribution in [0.2, 0.25) is 0 Å². The van der Waals surface area contributed by atoms with E-state index in [1.54, 1.807) is 4.90 Å². The zero-order valence-corrected chi connectivity index (χ0v) is 15.3. The average molecular weight is 411 g/mol. The largest absolute Gasteiger partial charge is 0.484 e. The smallest absolute Gasteiger partial charge is 0.227 e. The minimum atomic E-state index is -2.21. The summed E-state index contributed by atoms with van der Waals surface area (Å²) in [6.45, 7) is 0. The van der Waals surface area contributed by atoms with E-state index in [-0.39, 0.29) is 37.3 Å². The lowest BCUT2D eigenvalue weighted by Gasteiger charge is -2.39. The molecule has 0 saturated carbocycles. The van der Waals surface area contributed by atoms with E-state index in [2.05, 4.69) is 0 Å². The number of halogens is 5. The first-order valence-corrected chi connectivity index (χ1v) is 9.40. The van der Waals surface area contributed by atoms with E-state index >= 15 is 0 Å². The van der Waals surface area contributed by atoms with Crippen LogP contribution in [0.4, 0.5) is 22.0 Å². The zero-order valence-electron chi connectivity index (χ0n) is 15.3. The number of carbonyl (C=O) groups excluding carboxylic acids is 1. The molecule has 0 radical (unpaired) electrons. The minimum Gasteiger partial charge on any atom is -0.484 e. The Morgan fingerprint density at radius 3 is 1.93 bits per heavy atom. The number of piperidine rings is 1. The maximum absolute atomic E-state index is 13.9. The van der Waals surface area contributed by atoms with E-state index in [1.165, 1.54) is 0 Å². The monoisotopic (exact) mass is 411 g/mol. The summed E-state index contributed by atoms with van der Waals surface area (Å²) in [5, 5.41) is 0. The molecular weight excluding hydrogens is 393 g/mol. The van der Waals surface area contributed by atoms with E-state index < -0.39 is 40.9 Å². The van der Waals surface area contributed by atoms with Gasteiger partial charge >= 0.3 is 0 Å². The summed E-state index contributed by atoms with van der Waals surface area (Å²) in [6, 6.07) is 8.91. The van der Waals surface area contributed by atoms with E-state index in [0.717, 1.165) is 5.56 Å². The van der Waals surface area contributed by atoms with Crippen molar-refractivity contribution >= 4 is 5.91 Å². The lowest BCUT2D eigenvalue weighted by atomic mass is 9.98. The Labute approximate surface area is 164 Å². The summed E-state index contributed by atoms with van der Waals surface area (Å²) in [5.41, 5.74) is 0.886. The minimum absolute atomic E-state index is 0.0432. The van der Waals surface area contributed by atoms with Gasteiger partial charge in [0.1, 0.15) is 6.10 Å². The molecule has 1 amide bonds. The number of carbonyl (C=O) groups is 1. The second-order valence-electron chi connectivity index (χ2n) is 7.46. The van der Waals surface area contributed by atoms with E-state index in [1.807, 2.05) is 30.3 Å². The van der Waals surface area contributed by atoms with Crippen LogP contribution in [-0.2, 0) is 11.2 Å². The first-order chi connectivity index (χ1) is 13.9. The van der Waals surface area contributed by atoms with Crippen molar-refractivity contribution in [2.75, 3.05) is 0 Å². The second kappa shape index (κ2) is 7.65. The van der Waals surface area contributed by atoms with Crippen molar-refractivity contribution in [1.82, 2.24) is 4.90 Å². The molecule has 0 aliphatic carbocycles. The molecule has 4 rings (SSSR count). The fourth-order valence-corrected chi connectivity index (χ4v) is 4.35. The number of rotatable bonds is 4. The van der Waals surface area contributed by atoms with E-state index in [4.69, 9.17) is 4.74 Å². The van der Waals surface area contributed by atoms with Crippen LogP contribution in [0.5, 0.6) is 5.75 Å². The van der Waals surface area contributed by atoms with Gasteiger partial charge in [0, 0.05) is 24.9 Å². The fraction of sp³-hybridized carbons (Fsp3) is 0.381. The highest BCUT2D eigenvalue weighted by atomic mass is 19.2. The molecule has 2 heterocycles. The van der Waals surface area contributed by atoms with Gasteiger partial charge in [-0.05, 0) is 18.4 Å². The average Bonchev–Trinajstić information content (AvgIpc) is 2.99. The Morgan fingerprint density at radius 1 is 0.862 bits per heavy atom. The molecule has 2 bridgehead atoms. The molecule has 8 heteroatoms. The molecule has 0 aromatic heterocycles. The third kappa shape index (κ3) is 3.56. The number of ether oxygens (including phenoxy) is 1. The van der Waals surface area contributed by atoms with Gasteiger partial charge in [0.25, 0.3) is 0 Å². The number of hydrogen-bond donors (Lipinski definition) is 0. The first kappa shape index (κ1) is 19.7. The van der Waals surface area contributed by atoms with Crippen LogP contribution < -0.4 is 4.74 Å². The highest BCUT2D eigenvalue weighted by Gasteiger charge is 2.44. The third-order valence-electron chi connectivity index (χ3n) is 5.63. The summed E-state index contributed by atoms with van der Waals surface area (Å²) in [5.74, 6) is -11.5. The standard InChI is InChI=1S/C21H18F5NO2/c22-16-17(23)19(25)21(20(26)18(16)24)29-14-9-12-6-7-13(10-14)27(12)15(28)8-11-4-2-1-3-5-11/h1-5,12-14H,6-10H2. The summed E-state index contributed by atoms with van der Waals surface area (Å²) in [6.07, 6.45) is 1.48. The van der Waals surface area contributed by atoms with Crippen LogP contribution >= 0.6 is 0 Å². The Hall–Kier alpha value is -2.64. The topological polar surface area (TPSA) is 29.5 Å². The van der Waals surface area contributed by atoms with Crippen LogP contribution in [0, 0.1) is 29.1 Å². The highest BCUT2D eigenvalue weighted by Crippen LogP contribution is 2.39. The van der Waals surface area contributed by atoms with Gasteiger partial charge in [-0.3, -0.25) is 4.79 Å². The summed E-state index contributed by atoms with van der Waals surface area (Å²) in [7, 11) is 0. The molecule has 2 atom stereocenters. The third-order valence-corrected chi connectivity index (χ3v) is 5.63. The quantitative estimate of drug-likeness (QED) is 0.421. The summed E-state index contributed by atoms with van der Waals surface area (Å²) in [4.78, 5) is 14.5. The van der Waals surface area contributed by atoms with Crippen molar-refractivity contribution in [2.24, 2.45) is 0 Å². The van der Waals surface area contributed by atoms with Gasteiger partial charge in [-0.15, -0.1) is 0 Å². The van der Waals surface area contributed by atoms with Crippen LogP contribution in [0.3, 0.4) is 0 Å². The molecule has 3 nitrogen and oxygen atoms in total. The molecule has 2 unspecified atom stereocenters. The van der Waals surface area contributed by atoms with E-state index in [9.17, 15) is 26.7 Å². The van der Waals surface area contributed by atoms with Crippen molar-refractivity contribution < 1.29 is 31.5 Å². The summed E-state index contributed by atoms with van der Waals surface area (Å²) >= 11 is 0. The van der Waals surface area contributed by atoms with Crippen molar-refractivity contribution in [3.63, 3.8) is 0 Å². The predicted molar refractivity (Wildman–Crippen MR) is 93.7 cm³/mol. The molecule has 2 aliphatic rings. The summed E-state index contributed by atoms with van der Waals surface area (Å²) < 4.78 is 73.0.